The van der Waals surface area contributed by atoms with Gasteiger partial charge in [0.2, 0.25) is 0 Å². The molecule has 0 bridgehead atoms. The maximum atomic E-state index is 13.3. The van der Waals surface area contributed by atoms with E-state index in [0.29, 0.717) is 36.9 Å². The number of amides is 2. The van der Waals surface area contributed by atoms with Gasteiger partial charge in [-0.1, -0.05) is 43.2 Å². The van der Waals surface area contributed by atoms with E-state index in [-0.39, 0.29) is 11.7 Å². The molecule has 240 valence electrons. The molecule has 1 aromatic carbocycles. The van der Waals surface area contributed by atoms with Crippen molar-refractivity contribution < 1.29 is 19.1 Å². The number of aryl methyl sites for hydroxylation is 1. The van der Waals surface area contributed by atoms with Crippen LogP contribution in [0.1, 0.15) is 93.4 Å². The van der Waals surface area contributed by atoms with Crippen LogP contribution >= 0.6 is 11.6 Å². The number of carbonyl (C=O) groups is 2. The van der Waals surface area contributed by atoms with Crippen molar-refractivity contribution in [2.75, 3.05) is 13.1 Å². The van der Waals surface area contributed by atoms with Crippen LogP contribution in [0.2, 0.25) is 5.02 Å². The lowest BCUT2D eigenvalue weighted by atomic mass is 9.86. The van der Waals surface area contributed by atoms with Gasteiger partial charge in [-0.3, -0.25) is 4.98 Å². The van der Waals surface area contributed by atoms with Crippen LogP contribution in [-0.2, 0) is 16.5 Å². The number of piperidine rings is 1. The summed E-state index contributed by atoms with van der Waals surface area (Å²) >= 11 is 6.69. The number of hydrogen-bond donors (Lipinski definition) is 1. The molecule has 0 spiro atoms. The highest BCUT2D eigenvalue weighted by molar-refractivity contribution is 6.31. The molecule has 1 atom stereocenters. The Morgan fingerprint density at radius 3 is 2.46 bits per heavy atom. The Morgan fingerprint density at radius 1 is 1.04 bits per heavy atom. The maximum Gasteiger partial charge on any atom is 0.410 e. The summed E-state index contributed by atoms with van der Waals surface area (Å²) < 4.78 is 13.7. The molecule has 10 heteroatoms. The number of hydrogen-bond acceptors (Lipinski definition) is 6. The van der Waals surface area contributed by atoms with Gasteiger partial charge in [-0.05, 0) is 92.3 Å². The van der Waals surface area contributed by atoms with Crippen LogP contribution in [0.15, 0.2) is 54.6 Å². The molecular formula is C36H40ClN5O4. The van der Waals surface area contributed by atoms with Gasteiger partial charge < -0.3 is 24.3 Å². The maximum absolute atomic E-state index is 13.3. The highest BCUT2D eigenvalue weighted by Gasteiger charge is 2.50. The fourth-order valence-electron chi connectivity index (χ4n) is 6.66. The number of nitrogens with one attached hydrogen (secondary N) is 1. The first-order valence-corrected chi connectivity index (χ1v) is 16.6. The summed E-state index contributed by atoms with van der Waals surface area (Å²) in [7, 11) is 1.91. The molecule has 1 unspecified atom stereocenters. The Hall–Kier alpha value is -4.11. The van der Waals surface area contributed by atoms with Crippen molar-refractivity contribution in [1.29, 1.82) is 0 Å². The number of aromatic nitrogens is 3. The van der Waals surface area contributed by atoms with E-state index in [4.69, 9.17) is 26.1 Å². The summed E-state index contributed by atoms with van der Waals surface area (Å²) in [6.07, 6.45) is 11.7. The number of rotatable bonds is 6. The molecule has 7 rings (SSSR count). The smallest absolute Gasteiger partial charge is 0.410 e. The van der Waals surface area contributed by atoms with Crippen LogP contribution in [0.5, 0.6) is 0 Å². The van der Waals surface area contributed by atoms with Crippen LogP contribution in [0.4, 0.5) is 9.59 Å². The number of imidazole rings is 1. The third-order valence-electron chi connectivity index (χ3n) is 10.0. The van der Waals surface area contributed by atoms with Gasteiger partial charge in [0.1, 0.15) is 17.2 Å². The van der Waals surface area contributed by atoms with E-state index in [1.54, 1.807) is 12.5 Å². The number of fused-ring (bicyclic) bond motifs is 2. The number of pyridine rings is 1. The minimum absolute atomic E-state index is 0.220. The lowest BCUT2D eigenvalue weighted by molar-refractivity contribution is 0.0251. The van der Waals surface area contributed by atoms with Crippen LogP contribution in [0, 0.1) is 5.92 Å². The van der Waals surface area contributed by atoms with Crippen LogP contribution in [0.3, 0.4) is 0 Å². The third-order valence-corrected chi connectivity index (χ3v) is 10.3. The van der Waals surface area contributed by atoms with Crippen LogP contribution in [-0.4, -0.2) is 55.9 Å². The Bertz CT molecular complexity index is 1760. The van der Waals surface area contributed by atoms with Crippen LogP contribution in [0.25, 0.3) is 17.2 Å². The van der Waals surface area contributed by atoms with E-state index in [1.807, 2.05) is 60.0 Å². The SMILES string of the molecule is CC(C)C1(OC(=O)N2CCC(=C3c4ccc(Cl)cc4C(C(NC(=O)OC4(C)CC4)c4cncn4C)=Cc4cccnc43)CC2)CC1. The zero-order valence-corrected chi connectivity index (χ0v) is 27.6. The number of carbonyl (C=O) groups excluding carboxylic acids is 2. The molecule has 1 N–H and O–H groups in total. The number of ether oxygens (including phenoxy) is 2. The summed E-state index contributed by atoms with van der Waals surface area (Å²) in [5, 5.41) is 3.75. The number of alkyl carbamates (subject to hydrolysis) is 1. The highest BCUT2D eigenvalue weighted by Crippen LogP contribution is 2.47. The number of likely N-dealkylation sites (tertiary alicyclic amines) is 1. The number of halogens is 1. The predicted molar refractivity (Wildman–Crippen MR) is 177 cm³/mol. The Balaban J connectivity index is 1.28. The average Bonchev–Trinajstić information content (AvgIpc) is 3.94. The molecule has 9 nitrogen and oxygen atoms in total. The second-order valence-corrected chi connectivity index (χ2v) is 14.1. The molecule has 1 aliphatic heterocycles. The van der Waals surface area contributed by atoms with Crippen LogP contribution < -0.4 is 5.32 Å². The van der Waals surface area contributed by atoms with Gasteiger partial charge in [0.05, 0.1) is 23.9 Å². The van der Waals surface area contributed by atoms with Crippen molar-refractivity contribution in [1.82, 2.24) is 24.8 Å². The van der Waals surface area contributed by atoms with E-state index in [0.717, 1.165) is 64.9 Å². The second-order valence-electron chi connectivity index (χ2n) is 13.6. The Labute approximate surface area is 274 Å². The fraction of sp³-hybridized carbons (Fsp3) is 0.444. The van der Waals surface area contributed by atoms with Gasteiger partial charge in [0, 0.05) is 42.5 Å². The first-order chi connectivity index (χ1) is 22.1. The summed E-state index contributed by atoms with van der Waals surface area (Å²) in [6, 6.07) is 9.29. The molecule has 3 heterocycles. The zero-order valence-electron chi connectivity index (χ0n) is 26.8. The Morgan fingerprint density at radius 2 is 1.80 bits per heavy atom. The fourth-order valence-corrected chi connectivity index (χ4v) is 6.83. The van der Waals surface area contributed by atoms with Crippen molar-refractivity contribution in [2.45, 2.75) is 76.5 Å². The normalized spacial score (nSPS) is 19.8. The minimum atomic E-state index is -0.579. The monoisotopic (exact) mass is 641 g/mol. The largest absolute Gasteiger partial charge is 0.443 e. The van der Waals surface area contributed by atoms with E-state index < -0.39 is 17.7 Å². The third kappa shape index (κ3) is 5.81. The van der Waals surface area contributed by atoms with E-state index in [2.05, 4.69) is 30.2 Å². The number of benzene rings is 1. The van der Waals surface area contributed by atoms with Crippen molar-refractivity contribution in [2.24, 2.45) is 13.0 Å². The van der Waals surface area contributed by atoms with Gasteiger partial charge in [0.15, 0.2) is 0 Å². The second kappa shape index (κ2) is 11.6. The average molecular weight is 642 g/mol. The highest BCUT2D eigenvalue weighted by atomic mass is 35.5. The molecule has 3 aliphatic carbocycles. The van der Waals surface area contributed by atoms with Gasteiger partial charge in [-0.2, -0.15) is 0 Å². The van der Waals surface area contributed by atoms with E-state index in [9.17, 15) is 9.59 Å². The van der Waals surface area contributed by atoms with Crippen molar-refractivity contribution in [3.05, 3.63) is 87.7 Å². The summed E-state index contributed by atoms with van der Waals surface area (Å²) in [5.41, 5.74) is 6.85. The molecular weight excluding hydrogens is 602 g/mol. The molecule has 3 fully saturated rings. The molecule has 0 radical (unpaired) electrons. The summed E-state index contributed by atoms with van der Waals surface area (Å²) in [4.78, 5) is 37.6. The standard InChI is InChI=1S/C36H40ClN5O4/c1-22(2)36(13-14-36)46-34(44)42-16-9-23(10-17-42)30-26-8-7-25(37)19-27(26)28(18-24-6-5-15-39-31(24)30)32(29-20-38-21-41(29)4)40-33(43)45-35(3)11-12-35/h5-8,15,18-22,32H,9-14,16-17H2,1-4H3,(H,40,43). The molecule has 2 saturated carbocycles. The molecule has 1 saturated heterocycles. The van der Waals surface area contributed by atoms with E-state index in [1.165, 1.54) is 5.57 Å². The topological polar surface area (TPSA) is 98.6 Å². The van der Waals surface area contributed by atoms with E-state index >= 15 is 0 Å². The molecule has 3 aromatic rings. The first-order valence-electron chi connectivity index (χ1n) is 16.2. The zero-order chi connectivity index (χ0) is 32.2. The van der Waals surface area contributed by atoms with Crippen molar-refractivity contribution in [3.8, 4) is 0 Å². The molecule has 2 aromatic heterocycles. The summed E-state index contributed by atoms with van der Waals surface area (Å²) in [5.74, 6) is 0.306. The van der Waals surface area contributed by atoms with Crippen molar-refractivity contribution in [3.63, 3.8) is 0 Å². The lowest BCUT2D eigenvalue weighted by Crippen LogP contribution is -2.40. The molecule has 46 heavy (non-hydrogen) atoms. The predicted octanol–water partition coefficient (Wildman–Crippen LogP) is 7.57. The van der Waals surface area contributed by atoms with Gasteiger partial charge in [0.25, 0.3) is 0 Å². The van der Waals surface area contributed by atoms with Gasteiger partial charge in [-0.15, -0.1) is 0 Å². The van der Waals surface area contributed by atoms with Gasteiger partial charge in [-0.25, -0.2) is 14.6 Å². The Kier molecular flexibility index (Phi) is 7.70. The molecule has 4 aliphatic rings. The van der Waals surface area contributed by atoms with Crippen molar-refractivity contribution >= 4 is 41.0 Å². The molecule has 2 amide bonds. The van der Waals surface area contributed by atoms with Gasteiger partial charge >= 0.3 is 12.2 Å². The lowest BCUT2D eigenvalue weighted by Gasteiger charge is -2.32. The number of nitrogens with zero attached hydrogens (tertiary/aromatic N) is 4. The first kappa shape index (κ1) is 30.5. The summed E-state index contributed by atoms with van der Waals surface area (Å²) in [6.45, 7) is 7.33. The quantitative estimate of drug-likeness (QED) is 0.298. The minimum Gasteiger partial charge on any atom is -0.443 e.